The first kappa shape index (κ1) is 19.6. The third-order valence-corrected chi connectivity index (χ3v) is 5.65. The van der Waals surface area contributed by atoms with Crippen LogP contribution in [0.15, 0.2) is 30.3 Å². The van der Waals surface area contributed by atoms with E-state index in [0.717, 1.165) is 24.1 Å². The van der Waals surface area contributed by atoms with Crippen LogP contribution in [0.25, 0.3) is 0 Å². The fourth-order valence-corrected chi connectivity index (χ4v) is 4.09. The molecule has 0 saturated carbocycles. The minimum absolute atomic E-state index is 0.0734. The molecule has 2 aliphatic rings. The molecule has 1 atom stereocenters. The van der Waals surface area contributed by atoms with Crippen LogP contribution >= 0.6 is 0 Å². The van der Waals surface area contributed by atoms with E-state index in [2.05, 4.69) is 17.2 Å². The molecule has 7 nitrogen and oxygen atoms in total. The van der Waals surface area contributed by atoms with Crippen LogP contribution in [0.5, 0.6) is 0 Å². The van der Waals surface area contributed by atoms with Crippen molar-refractivity contribution in [1.82, 2.24) is 14.7 Å². The zero-order valence-electron chi connectivity index (χ0n) is 16.8. The van der Waals surface area contributed by atoms with Crippen molar-refractivity contribution < 1.29 is 19.1 Å². The second-order valence-corrected chi connectivity index (χ2v) is 7.52. The Bertz CT molecular complexity index is 872. The van der Waals surface area contributed by atoms with Crippen molar-refractivity contribution in [1.29, 1.82) is 0 Å². The van der Waals surface area contributed by atoms with Gasteiger partial charge < -0.3 is 14.4 Å². The van der Waals surface area contributed by atoms with Crippen LogP contribution in [0.3, 0.4) is 0 Å². The molecule has 1 amide bonds. The molecule has 1 aromatic carbocycles. The largest absolute Gasteiger partial charge is 0.461 e. The Morgan fingerprint density at radius 3 is 2.83 bits per heavy atom. The van der Waals surface area contributed by atoms with Crippen molar-refractivity contribution in [3.05, 3.63) is 52.8 Å². The van der Waals surface area contributed by atoms with E-state index in [1.165, 1.54) is 5.56 Å². The molecule has 3 heterocycles. The fraction of sp³-hybridized carbons (Fsp3) is 0.500. The maximum Gasteiger partial charge on any atom is 0.359 e. The number of hydrogen-bond acceptors (Lipinski definition) is 5. The second kappa shape index (κ2) is 8.78. The summed E-state index contributed by atoms with van der Waals surface area (Å²) in [5, 5.41) is 4.60. The zero-order valence-corrected chi connectivity index (χ0v) is 16.8. The zero-order chi connectivity index (χ0) is 20.2. The lowest BCUT2D eigenvalue weighted by molar-refractivity contribution is -0.136. The molecule has 7 heteroatoms. The minimum atomic E-state index is -0.416. The van der Waals surface area contributed by atoms with Crippen LogP contribution in [0.4, 0.5) is 0 Å². The van der Waals surface area contributed by atoms with Gasteiger partial charge in [-0.3, -0.25) is 9.48 Å². The van der Waals surface area contributed by atoms with Crippen LogP contribution in [-0.4, -0.2) is 52.9 Å². The Labute approximate surface area is 170 Å². The molecule has 1 saturated heterocycles. The number of aromatic nitrogens is 2. The molecule has 0 aliphatic carbocycles. The average molecular weight is 397 g/mol. The number of carbonyl (C=O) groups excluding carboxylic acids is 2. The average Bonchev–Trinajstić information content (AvgIpc) is 3.41. The molecule has 0 radical (unpaired) electrons. The first-order valence-electron chi connectivity index (χ1n) is 10.3. The molecule has 0 unspecified atom stereocenters. The molecule has 0 spiro atoms. The van der Waals surface area contributed by atoms with Crippen molar-refractivity contribution in [2.75, 3.05) is 26.4 Å². The van der Waals surface area contributed by atoms with Crippen molar-refractivity contribution >= 4 is 11.9 Å². The van der Waals surface area contributed by atoms with Crippen molar-refractivity contribution in [2.24, 2.45) is 5.92 Å². The van der Waals surface area contributed by atoms with E-state index in [9.17, 15) is 9.59 Å². The van der Waals surface area contributed by atoms with E-state index in [-0.39, 0.29) is 11.8 Å². The van der Waals surface area contributed by atoms with Gasteiger partial charge in [-0.2, -0.15) is 5.10 Å². The lowest BCUT2D eigenvalue weighted by Crippen LogP contribution is -2.40. The Kier molecular flexibility index (Phi) is 5.94. The summed E-state index contributed by atoms with van der Waals surface area (Å²) in [5.41, 5.74) is 3.43. The van der Waals surface area contributed by atoms with E-state index in [1.807, 2.05) is 27.8 Å². The van der Waals surface area contributed by atoms with Gasteiger partial charge >= 0.3 is 5.97 Å². The minimum Gasteiger partial charge on any atom is -0.461 e. The lowest BCUT2D eigenvalue weighted by Gasteiger charge is -2.29. The number of amides is 1. The van der Waals surface area contributed by atoms with Crippen molar-refractivity contribution in [3.63, 3.8) is 0 Å². The van der Waals surface area contributed by atoms with E-state index < -0.39 is 5.97 Å². The number of hydrogen-bond donors (Lipinski definition) is 0. The number of rotatable bonds is 6. The molecule has 154 valence electrons. The summed E-state index contributed by atoms with van der Waals surface area (Å²) in [7, 11) is 0. The van der Waals surface area contributed by atoms with E-state index in [0.29, 0.717) is 51.6 Å². The Morgan fingerprint density at radius 1 is 1.28 bits per heavy atom. The Hall–Kier alpha value is -2.67. The normalized spacial score (nSPS) is 18.5. The van der Waals surface area contributed by atoms with Gasteiger partial charge in [-0.05, 0) is 25.3 Å². The molecular weight excluding hydrogens is 370 g/mol. The van der Waals surface area contributed by atoms with Gasteiger partial charge in [0.15, 0.2) is 5.69 Å². The van der Waals surface area contributed by atoms with Crippen LogP contribution in [0, 0.1) is 5.92 Å². The molecule has 0 N–H and O–H groups in total. The summed E-state index contributed by atoms with van der Waals surface area (Å²) < 4.78 is 12.5. The predicted octanol–water partition coefficient (Wildman–Crippen LogP) is 2.22. The summed E-state index contributed by atoms with van der Waals surface area (Å²) in [5.74, 6) is -0.378. The summed E-state index contributed by atoms with van der Waals surface area (Å²) in [4.78, 5) is 27.2. The van der Waals surface area contributed by atoms with Crippen LogP contribution in [0.2, 0.25) is 0 Å². The van der Waals surface area contributed by atoms with Crippen molar-refractivity contribution in [2.45, 2.75) is 39.3 Å². The maximum atomic E-state index is 12.8. The highest BCUT2D eigenvalue weighted by atomic mass is 16.5. The number of nitrogens with zero attached hydrogens (tertiary/aromatic N) is 3. The third kappa shape index (κ3) is 4.19. The number of carbonyl (C=O) groups is 2. The first-order chi connectivity index (χ1) is 14.2. The molecule has 4 rings (SSSR count). The van der Waals surface area contributed by atoms with Gasteiger partial charge in [-0.1, -0.05) is 30.3 Å². The van der Waals surface area contributed by atoms with Crippen LogP contribution in [-0.2, 0) is 40.2 Å². The van der Waals surface area contributed by atoms with Crippen LogP contribution < -0.4 is 0 Å². The monoisotopic (exact) mass is 397 g/mol. The van der Waals surface area contributed by atoms with Gasteiger partial charge in [0.25, 0.3) is 0 Å². The number of esters is 1. The summed E-state index contributed by atoms with van der Waals surface area (Å²) in [6.07, 6.45) is 2.29. The maximum absolute atomic E-state index is 12.8. The van der Waals surface area contributed by atoms with Crippen LogP contribution in [0.1, 0.15) is 40.7 Å². The highest BCUT2D eigenvalue weighted by molar-refractivity contribution is 5.89. The van der Waals surface area contributed by atoms with Gasteiger partial charge in [-0.15, -0.1) is 0 Å². The quantitative estimate of drug-likeness (QED) is 0.699. The van der Waals surface area contributed by atoms with Gasteiger partial charge in [0.05, 0.1) is 19.1 Å². The SMILES string of the molecule is CCOC(=O)c1nn(CCc2ccccc2)c2c1CN(C(=O)[C@H]1CCOC1)CC2. The van der Waals surface area contributed by atoms with Gasteiger partial charge in [0.2, 0.25) is 5.91 Å². The number of aryl methyl sites for hydroxylation is 2. The highest BCUT2D eigenvalue weighted by Gasteiger charge is 2.34. The topological polar surface area (TPSA) is 73.7 Å². The predicted molar refractivity (Wildman–Crippen MR) is 106 cm³/mol. The number of benzene rings is 1. The van der Waals surface area contributed by atoms with Gasteiger partial charge in [0.1, 0.15) is 0 Å². The first-order valence-corrected chi connectivity index (χ1v) is 10.3. The van der Waals surface area contributed by atoms with E-state index >= 15 is 0 Å². The molecule has 1 fully saturated rings. The molecule has 2 aliphatic heterocycles. The summed E-state index contributed by atoms with van der Waals surface area (Å²) >= 11 is 0. The van der Waals surface area contributed by atoms with Crippen molar-refractivity contribution in [3.8, 4) is 0 Å². The fourth-order valence-electron chi connectivity index (χ4n) is 4.09. The van der Waals surface area contributed by atoms with E-state index in [1.54, 1.807) is 6.92 Å². The number of ether oxygens (including phenoxy) is 2. The van der Waals surface area contributed by atoms with E-state index in [4.69, 9.17) is 9.47 Å². The molecule has 2 aromatic rings. The lowest BCUT2D eigenvalue weighted by atomic mass is 10.0. The Morgan fingerprint density at radius 2 is 2.10 bits per heavy atom. The Balaban J connectivity index is 1.56. The molecule has 0 bridgehead atoms. The third-order valence-electron chi connectivity index (χ3n) is 5.65. The summed E-state index contributed by atoms with van der Waals surface area (Å²) in [6.45, 7) is 4.95. The summed E-state index contributed by atoms with van der Waals surface area (Å²) in [6, 6.07) is 10.2. The second-order valence-electron chi connectivity index (χ2n) is 7.52. The molecular formula is C22H27N3O4. The number of fused-ring (bicyclic) bond motifs is 1. The smallest absolute Gasteiger partial charge is 0.359 e. The van der Waals surface area contributed by atoms with Gasteiger partial charge in [-0.25, -0.2) is 4.79 Å². The molecule has 1 aromatic heterocycles. The molecule has 29 heavy (non-hydrogen) atoms. The highest BCUT2D eigenvalue weighted by Crippen LogP contribution is 2.26. The van der Waals surface area contributed by atoms with Gasteiger partial charge in [0, 0.05) is 43.9 Å². The standard InChI is InChI=1S/C22H27N3O4/c1-2-29-22(27)20-18-14-24(21(26)17-10-13-28-15-17)11-9-19(18)25(23-20)12-8-16-6-4-3-5-7-16/h3-7,17H,2,8-15H2,1H3/t17-/m0/s1.